The minimum absolute atomic E-state index is 0.232. The van der Waals surface area contributed by atoms with Gasteiger partial charge in [0.1, 0.15) is 0 Å². The normalized spacial score (nSPS) is 12.8. The zero-order valence-electron chi connectivity index (χ0n) is 11.8. The van der Waals surface area contributed by atoms with Gasteiger partial charge < -0.3 is 20.5 Å². The molecular weight excluding hydrogens is 256 g/mol. The van der Waals surface area contributed by atoms with E-state index in [-0.39, 0.29) is 5.56 Å². The van der Waals surface area contributed by atoms with Crippen molar-refractivity contribution in [3.63, 3.8) is 0 Å². The summed E-state index contributed by atoms with van der Waals surface area (Å²) < 4.78 is 2.09. The van der Waals surface area contributed by atoms with E-state index in [0.717, 1.165) is 35.1 Å². The summed E-state index contributed by atoms with van der Waals surface area (Å²) in [5.41, 5.74) is 8.49. The topological polar surface area (TPSA) is 88.5 Å². The van der Waals surface area contributed by atoms with Gasteiger partial charge in [-0.05, 0) is 45.0 Å². The van der Waals surface area contributed by atoms with Gasteiger partial charge in [-0.1, -0.05) is 0 Å². The molecule has 1 aromatic carbocycles. The average Bonchev–Trinajstić information content (AvgIpc) is 2.67. The first-order chi connectivity index (χ1) is 9.47. The molecule has 0 spiro atoms. The van der Waals surface area contributed by atoms with Crippen LogP contribution in [0.25, 0.3) is 10.9 Å². The summed E-state index contributed by atoms with van der Waals surface area (Å²) in [5.74, 6) is -0.962. The van der Waals surface area contributed by atoms with E-state index in [1.54, 1.807) is 25.1 Å². The number of fused-ring (bicyclic) bond motifs is 1. The van der Waals surface area contributed by atoms with Crippen LogP contribution >= 0.6 is 0 Å². The van der Waals surface area contributed by atoms with Crippen LogP contribution in [0.3, 0.4) is 0 Å². The molecule has 1 unspecified atom stereocenters. The molecule has 5 heteroatoms. The van der Waals surface area contributed by atoms with Crippen molar-refractivity contribution in [3.05, 3.63) is 35.0 Å². The van der Waals surface area contributed by atoms with Crippen LogP contribution in [0.15, 0.2) is 18.2 Å². The molecule has 1 heterocycles. The molecule has 0 aliphatic carbocycles. The minimum atomic E-state index is -0.962. The maximum atomic E-state index is 11.1. The van der Waals surface area contributed by atoms with E-state index in [4.69, 9.17) is 10.8 Å². The number of aryl methyl sites for hydroxylation is 1. The zero-order valence-corrected chi connectivity index (χ0v) is 11.8. The Bertz CT molecular complexity index is 644. The molecule has 0 bridgehead atoms. The highest BCUT2D eigenvalue weighted by molar-refractivity contribution is 5.95. The van der Waals surface area contributed by atoms with Crippen LogP contribution in [0.2, 0.25) is 0 Å². The van der Waals surface area contributed by atoms with Gasteiger partial charge in [-0.2, -0.15) is 0 Å². The fourth-order valence-electron chi connectivity index (χ4n) is 2.71. The number of aromatic nitrogens is 1. The third-order valence-electron chi connectivity index (χ3n) is 3.62. The lowest BCUT2D eigenvalue weighted by atomic mass is 10.0. The number of aliphatic hydroxyl groups is 1. The molecule has 0 saturated carbocycles. The average molecular weight is 276 g/mol. The lowest BCUT2D eigenvalue weighted by Crippen LogP contribution is -2.07. The van der Waals surface area contributed by atoms with Crippen LogP contribution in [0.5, 0.6) is 0 Å². The second-order valence-corrected chi connectivity index (χ2v) is 5.01. The number of aromatic carboxylic acids is 1. The first-order valence-corrected chi connectivity index (χ1v) is 6.71. The molecule has 0 fully saturated rings. The predicted molar refractivity (Wildman–Crippen MR) is 77.9 cm³/mol. The van der Waals surface area contributed by atoms with E-state index >= 15 is 0 Å². The number of rotatable bonds is 5. The summed E-state index contributed by atoms with van der Waals surface area (Å²) >= 11 is 0. The van der Waals surface area contributed by atoms with Crippen LogP contribution in [-0.4, -0.2) is 27.3 Å². The fraction of sp³-hybridized carbons (Fsp3) is 0.400. The van der Waals surface area contributed by atoms with Crippen LogP contribution in [0.4, 0.5) is 0 Å². The van der Waals surface area contributed by atoms with Crippen LogP contribution in [0, 0.1) is 6.92 Å². The molecule has 4 N–H and O–H groups in total. The molecule has 108 valence electrons. The molecule has 0 aliphatic heterocycles. The Morgan fingerprint density at radius 1 is 1.45 bits per heavy atom. The van der Waals surface area contributed by atoms with Gasteiger partial charge in [0.15, 0.2) is 0 Å². The summed E-state index contributed by atoms with van der Waals surface area (Å²) in [4.78, 5) is 11.1. The van der Waals surface area contributed by atoms with E-state index in [1.165, 1.54) is 0 Å². The van der Waals surface area contributed by atoms with Crippen molar-refractivity contribution in [2.24, 2.45) is 5.73 Å². The maximum absolute atomic E-state index is 11.1. The largest absolute Gasteiger partial charge is 0.478 e. The lowest BCUT2D eigenvalue weighted by Gasteiger charge is -2.08. The fourth-order valence-corrected chi connectivity index (χ4v) is 2.71. The highest BCUT2D eigenvalue weighted by atomic mass is 16.4. The van der Waals surface area contributed by atoms with E-state index in [2.05, 4.69) is 4.57 Å². The number of carboxylic acids is 1. The second-order valence-electron chi connectivity index (χ2n) is 5.01. The van der Waals surface area contributed by atoms with Crippen molar-refractivity contribution in [3.8, 4) is 0 Å². The number of hydrogen-bond acceptors (Lipinski definition) is 3. The highest BCUT2D eigenvalue weighted by Gasteiger charge is 2.18. The number of aliphatic hydroxyl groups excluding tert-OH is 1. The molecule has 0 radical (unpaired) electrons. The van der Waals surface area contributed by atoms with Crippen molar-refractivity contribution < 1.29 is 15.0 Å². The number of benzene rings is 1. The summed E-state index contributed by atoms with van der Waals surface area (Å²) in [5, 5.41) is 19.9. The number of nitrogens with zero attached hydrogens (tertiary/aromatic N) is 1. The van der Waals surface area contributed by atoms with Crippen LogP contribution in [0.1, 0.15) is 41.1 Å². The molecule has 2 rings (SSSR count). The van der Waals surface area contributed by atoms with Crippen molar-refractivity contribution in [1.29, 1.82) is 0 Å². The number of hydrogen-bond donors (Lipinski definition) is 3. The Hall–Kier alpha value is -1.85. The van der Waals surface area contributed by atoms with Crippen molar-refractivity contribution >= 4 is 16.9 Å². The SMILES string of the molecule is Cc1c(C(C)O)c2cc(C(=O)O)ccc2n1CCCN. The third-order valence-corrected chi connectivity index (χ3v) is 3.62. The Labute approximate surface area is 117 Å². The van der Waals surface area contributed by atoms with E-state index in [9.17, 15) is 9.90 Å². The Balaban J connectivity index is 2.69. The standard InChI is InChI=1S/C15H20N2O3/c1-9-14(10(2)18)12-8-11(15(19)20)4-5-13(12)17(9)7-3-6-16/h4-5,8,10,18H,3,6-7,16H2,1-2H3,(H,19,20). The summed E-state index contributed by atoms with van der Waals surface area (Å²) in [6.45, 7) is 5.00. The lowest BCUT2D eigenvalue weighted by molar-refractivity contribution is 0.0697. The molecule has 0 saturated heterocycles. The van der Waals surface area contributed by atoms with Gasteiger partial charge in [0.05, 0.1) is 11.7 Å². The first-order valence-electron chi connectivity index (χ1n) is 6.71. The van der Waals surface area contributed by atoms with Gasteiger partial charge in [0, 0.05) is 28.7 Å². The first kappa shape index (κ1) is 14.6. The summed E-state index contributed by atoms with van der Waals surface area (Å²) in [7, 11) is 0. The molecule has 5 nitrogen and oxygen atoms in total. The van der Waals surface area contributed by atoms with Crippen LogP contribution < -0.4 is 5.73 Å². The number of carboxylic acid groups (broad SMARTS) is 1. The van der Waals surface area contributed by atoms with Gasteiger partial charge in [0.25, 0.3) is 0 Å². The maximum Gasteiger partial charge on any atom is 0.335 e. The van der Waals surface area contributed by atoms with Crippen molar-refractivity contribution in [2.45, 2.75) is 32.9 Å². The van der Waals surface area contributed by atoms with Crippen molar-refractivity contribution in [1.82, 2.24) is 4.57 Å². The minimum Gasteiger partial charge on any atom is -0.478 e. The molecule has 2 aromatic rings. The molecule has 0 amide bonds. The third kappa shape index (κ3) is 2.42. The van der Waals surface area contributed by atoms with E-state index in [1.807, 2.05) is 6.92 Å². The highest BCUT2D eigenvalue weighted by Crippen LogP contribution is 2.31. The monoisotopic (exact) mass is 276 g/mol. The Kier molecular flexibility index (Phi) is 4.11. The summed E-state index contributed by atoms with van der Waals surface area (Å²) in [6.07, 6.45) is 0.200. The van der Waals surface area contributed by atoms with Gasteiger partial charge >= 0.3 is 5.97 Å². The number of carbonyl (C=O) groups is 1. The van der Waals surface area contributed by atoms with Gasteiger partial charge in [-0.15, -0.1) is 0 Å². The van der Waals surface area contributed by atoms with Gasteiger partial charge in [-0.25, -0.2) is 4.79 Å². The molecular formula is C15H20N2O3. The molecule has 20 heavy (non-hydrogen) atoms. The molecule has 1 atom stereocenters. The van der Waals surface area contributed by atoms with Gasteiger partial charge in [-0.3, -0.25) is 0 Å². The van der Waals surface area contributed by atoms with Crippen molar-refractivity contribution in [2.75, 3.05) is 6.54 Å². The second kappa shape index (κ2) is 5.64. The number of nitrogens with two attached hydrogens (primary N) is 1. The quantitative estimate of drug-likeness (QED) is 0.779. The Morgan fingerprint density at radius 2 is 2.15 bits per heavy atom. The van der Waals surface area contributed by atoms with E-state index in [0.29, 0.717) is 6.54 Å². The summed E-state index contributed by atoms with van der Waals surface area (Å²) in [6, 6.07) is 5.02. The molecule has 0 aliphatic rings. The smallest absolute Gasteiger partial charge is 0.335 e. The molecule has 1 aromatic heterocycles. The Morgan fingerprint density at radius 3 is 2.70 bits per heavy atom. The van der Waals surface area contributed by atoms with Crippen LogP contribution in [-0.2, 0) is 6.54 Å². The van der Waals surface area contributed by atoms with E-state index < -0.39 is 12.1 Å². The zero-order chi connectivity index (χ0) is 14.9. The van der Waals surface area contributed by atoms with Gasteiger partial charge in [0.2, 0.25) is 0 Å². The predicted octanol–water partition coefficient (Wildman–Crippen LogP) is 2.05.